The second kappa shape index (κ2) is 6.21. The van der Waals surface area contributed by atoms with Crippen molar-refractivity contribution in [2.75, 3.05) is 5.73 Å². The van der Waals surface area contributed by atoms with Gasteiger partial charge in [0.25, 0.3) is 5.91 Å². The topological polar surface area (TPSA) is 94.3 Å². The van der Waals surface area contributed by atoms with E-state index in [1.807, 2.05) is 0 Å². The zero-order chi connectivity index (χ0) is 14.7. The Morgan fingerprint density at radius 2 is 2.20 bits per heavy atom. The molecule has 7 heteroatoms. The Morgan fingerprint density at radius 1 is 1.45 bits per heavy atom. The highest BCUT2D eigenvalue weighted by atomic mass is 35.5. The number of rotatable bonds is 4. The SMILES string of the molecule is Cc1oc(CSc2cc(N)ccc2Cl)cc1C(=O)NN. The normalized spacial score (nSPS) is 10.6. The molecule has 0 aliphatic rings. The highest BCUT2D eigenvalue weighted by molar-refractivity contribution is 7.98. The molecule has 0 bridgehead atoms. The van der Waals surface area contributed by atoms with Crippen LogP contribution >= 0.6 is 23.4 Å². The molecule has 0 aliphatic heterocycles. The summed E-state index contributed by atoms with van der Waals surface area (Å²) in [5, 5.41) is 0.632. The van der Waals surface area contributed by atoms with E-state index in [0.717, 1.165) is 4.90 Å². The maximum Gasteiger partial charge on any atom is 0.268 e. The van der Waals surface area contributed by atoms with E-state index in [-0.39, 0.29) is 5.91 Å². The van der Waals surface area contributed by atoms with Crippen LogP contribution in [0.4, 0.5) is 5.69 Å². The molecule has 0 saturated carbocycles. The number of hydrogen-bond donors (Lipinski definition) is 3. The summed E-state index contributed by atoms with van der Waals surface area (Å²) in [5.74, 6) is 6.48. The number of thioether (sulfide) groups is 1. The first kappa shape index (κ1) is 14.8. The van der Waals surface area contributed by atoms with Crippen LogP contribution in [0.25, 0.3) is 0 Å². The second-order valence-corrected chi connectivity index (χ2v) is 5.56. The molecule has 5 nitrogen and oxygen atoms in total. The van der Waals surface area contributed by atoms with Crippen molar-refractivity contribution in [1.82, 2.24) is 5.43 Å². The molecule has 0 radical (unpaired) electrons. The predicted octanol–water partition coefficient (Wildman–Crippen LogP) is 2.72. The van der Waals surface area contributed by atoms with Crippen molar-refractivity contribution in [2.45, 2.75) is 17.6 Å². The third kappa shape index (κ3) is 3.27. The first-order chi connectivity index (χ1) is 9.51. The molecule has 2 aromatic rings. The molecule has 1 amide bonds. The predicted molar refractivity (Wildman–Crippen MR) is 80.5 cm³/mol. The number of furan rings is 1. The van der Waals surface area contributed by atoms with Gasteiger partial charge in [-0.3, -0.25) is 10.2 Å². The quantitative estimate of drug-likeness (QED) is 0.265. The van der Waals surface area contributed by atoms with Gasteiger partial charge < -0.3 is 10.2 Å². The molecule has 0 fully saturated rings. The monoisotopic (exact) mass is 311 g/mol. The van der Waals surface area contributed by atoms with E-state index >= 15 is 0 Å². The second-order valence-electron chi connectivity index (χ2n) is 4.13. The third-order valence-corrected chi connectivity index (χ3v) is 4.19. The van der Waals surface area contributed by atoms with E-state index in [1.165, 1.54) is 11.8 Å². The standard InChI is InChI=1S/C13H14ClN3O2S/c1-7-10(13(18)17-16)5-9(19-7)6-20-12-4-8(15)2-3-11(12)14/h2-5H,6,15-16H2,1H3,(H,17,18). The summed E-state index contributed by atoms with van der Waals surface area (Å²) in [5.41, 5.74) is 8.88. The van der Waals surface area contributed by atoms with Crippen LogP contribution < -0.4 is 17.0 Å². The lowest BCUT2D eigenvalue weighted by molar-refractivity contribution is 0.0952. The first-order valence-electron chi connectivity index (χ1n) is 5.79. The number of aryl methyl sites for hydroxylation is 1. The molecular weight excluding hydrogens is 298 g/mol. The summed E-state index contributed by atoms with van der Waals surface area (Å²) >= 11 is 7.57. The molecule has 20 heavy (non-hydrogen) atoms. The summed E-state index contributed by atoms with van der Waals surface area (Å²) in [6.07, 6.45) is 0. The number of nitrogens with one attached hydrogen (secondary N) is 1. The van der Waals surface area contributed by atoms with Crippen LogP contribution in [0.1, 0.15) is 21.9 Å². The summed E-state index contributed by atoms with van der Waals surface area (Å²) in [6, 6.07) is 6.97. The number of nitrogen functional groups attached to an aromatic ring is 2. The maximum atomic E-state index is 11.5. The molecule has 1 heterocycles. The van der Waals surface area contributed by atoms with E-state index in [9.17, 15) is 4.79 Å². The highest BCUT2D eigenvalue weighted by Crippen LogP contribution is 2.32. The van der Waals surface area contributed by atoms with Crippen molar-refractivity contribution in [3.05, 3.63) is 46.4 Å². The van der Waals surface area contributed by atoms with Crippen molar-refractivity contribution in [3.8, 4) is 0 Å². The number of carbonyl (C=O) groups excluding carboxylic acids is 1. The molecule has 106 valence electrons. The molecule has 1 aromatic carbocycles. The van der Waals surface area contributed by atoms with Gasteiger partial charge in [-0.2, -0.15) is 0 Å². The zero-order valence-electron chi connectivity index (χ0n) is 10.8. The van der Waals surface area contributed by atoms with Crippen LogP contribution in [0, 0.1) is 6.92 Å². The van der Waals surface area contributed by atoms with Crippen LogP contribution in [-0.4, -0.2) is 5.91 Å². The number of anilines is 1. The number of nitrogens with two attached hydrogens (primary N) is 2. The van der Waals surface area contributed by atoms with Gasteiger partial charge in [0.2, 0.25) is 0 Å². The number of hydrazine groups is 1. The van der Waals surface area contributed by atoms with Crippen molar-refractivity contribution in [1.29, 1.82) is 0 Å². The van der Waals surface area contributed by atoms with Crippen molar-refractivity contribution >= 4 is 35.0 Å². The van der Waals surface area contributed by atoms with Gasteiger partial charge in [0, 0.05) is 10.6 Å². The highest BCUT2D eigenvalue weighted by Gasteiger charge is 2.14. The minimum absolute atomic E-state index is 0.371. The van der Waals surface area contributed by atoms with E-state index in [0.29, 0.717) is 33.5 Å². The van der Waals surface area contributed by atoms with Gasteiger partial charge in [0.1, 0.15) is 11.5 Å². The fourth-order valence-electron chi connectivity index (χ4n) is 1.70. The molecule has 0 saturated heterocycles. The Morgan fingerprint density at radius 3 is 2.90 bits per heavy atom. The van der Waals surface area contributed by atoms with Gasteiger partial charge >= 0.3 is 0 Å². The van der Waals surface area contributed by atoms with E-state index in [1.54, 1.807) is 31.2 Å². The molecule has 1 aromatic heterocycles. The van der Waals surface area contributed by atoms with Gasteiger partial charge in [0.05, 0.1) is 16.3 Å². The van der Waals surface area contributed by atoms with Gasteiger partial charge in [-0.25, -0.2) is 5.84 Å². The Balaban J connectivity index is 2.11. The summed E-state index contributed by atoms with van der Waals surface area (Å²) < 4.78 is 5.52. The molecule has 5 N–H and O–H groups in total. The van der Waals surface area contributed by atoms with Crippen LogP contribution in [0.15, 0.2) is 33.6 Å². The molecular formula is C13H14ClN3O2S. The maximum absolute atomic E-state index is 11.5. The Labute approximate surface area is 125 Å². The van der Waals surface area contributed by atoms with E-state index < -0.39 is 0 Å². The fraction of sp³-hybridized carbons (Fsp3) is 0.154. The van der Waals surface area contributed by atoms with Gasteiger partial charge in [-0.05, 0) is 31.2 Å². The lowest BCUT2D eigenvalue weighted by atomic mass is 10.2. The zero-order valence-corrected chi connectivity index (χ0v) is 12.3. The summed E-state index contributed by atoms with van der Waals surface area (Å²) in [4.78, 5) is 12.3. The lowest BCUT2D eigenvalue weighted by Crippen LogP contribution is -2.30. The molecule has 0 unspecified atom stereocenters. The Hall–Kier alpha value is -1.63. The Kier molecular flexibility index (Phi) is 4.59. The van der Waals surface area contributed by atoms with Crippen molar-refractivity contribution in [2.24, 2.45) is 5.84 Å². The number of hydrogen-bond acceptors (Lipinski definition) is 5. The third-order valence-electron chi connectivity index (χ3n) is 2.67. The fourth-order valence-corrected chi connectivity index (χ4v) is 2.84. The molecule has 0 spiro atoms. The average molecular weight is 312 g/mol. The summed E-state index contributed by atoms with van der Waals surface area (Å²) in [6.45, 7) is 1.71. The first-order valence-corrected chi connectivity index (χ1v) is 7.15. The lowest BCUT2D eigenvalue weighted by Gasteiger charge is -2.03. The smallest absolute Gasteiger partial charge is 0.268 e. The van der Waals surface area contributed by atoms with Gasteiger partial charge in [-0.1, -0.05) is 11.6 Å². The van der Waals surface area contributed by atoms with Crippen LogP contribution in [-0.2, 0) is 5.75 Å². The van der Waals surface area contributed by atoms with Crippen LogP contribution in [0.3, 0.4) is 0 Å². The van der Waals surface area contributed by atoms with Gasteiger partial charge in [-0.15, -0.1) is 11.8 Å². The summed E-state index contributed by atoms with van der Waals surface area (Å²) in [7, 11) is 0. The van der Waals surface area contributed by atoms with Crippen molar-refractivity contribution in [3.63, 3.8) is 0 Å². The molecule has 0 atom stereocenters. The number of amides is 1. The van der Waals surface area contributed by atoms with Crippen LogP contribution in [0.2, 0.25) is 5.02 Å². The number of halogens is 1. The minimum Gasteiger partial charge on any atom is -0.465 e. The van der Waals surface area contributed by atoms with E-state index in [2.05, 4.69) is 5.43 Å². The molecule has 2 rings (SSSR count). The van der Waals surface area contributed by atoms with Crippen LogP contribution in [0.5, 0.6) is 0 Å². The van der Waals surface area contributed by atoms with E-state index in [4.69, 9.17) is 27.6 Å². The molecule has 0 aliphatic carbocycles. The number of benzene rings is 1. The number of carbonyl (C=O) groups is 1. The van der Waals surface area contributed by atoms with Crippen molar-refractivity contribution < 1.29 is 9.21 Å². The average Bonchev–Trinajstić information content (AvgIpc) is 2.80. The Bertz CT molecular complexity index is 643. The van der Waals surface area contributed by atoms with Gasteiger partial charge in [0.15, 0.2) is 0 Å². The minimum atomic E-state index is -0.371. The largest absolute Gasteiger partial charge is 0.465 e.